The second kappa shape index (κ2) is 5.65. The fraction of sp³-hybridized carbons (Fsp3) is 0.250. The number of nitrogens with zero attached hydrogens (tertiary/aromatic N) is 6. The van der Waals surface area contributed by atoms with Gasteiger partial charge in [0.05, 0.1) is 19.3 Å². The van der Waals surface area contributed by atoms with Crippen molar-refractivity contribution in [3.8, 4) is 11.6 Å². The Kier molecular flexibility index (Phi) is 3.54. The van der Waals surface area contributed by atoms with Crippen molar-refractivity contribution in [2.24, 2.45) is 0 Å². The minimum absolute atomic E-state index is 0.174. The summed E-state index contributed by atoms with van der Waals surface area (Å²) in [6.07, 6.45) is 6.32. The van der Waals surface area contributed by atoms with Crippen LogP contribution in [0.2, 0.25) is 0 Å². The monoisotopic (exact) mass is 290 g/mol. The Hall–Kier alpha value is -2.84. The summed E-state index contributed by atoms with van der Waals surface area (Å²) in [7, 11) is 0. The van der Waals surface area contributed by atoms with Gasteiger partial charge < -0.3 is 0 Å². The molecule has 108 valence electrons. The van der Waals surface area contributed by atoms with Crippen molar-refractivity contribution >= 4 is 0 Å². The molecule has 0 aliphatic rings. The molecule has 0 bridgehead atoms. The SMILES string of the molecule is O=c1onc(-c2ncccn2)n1Cc1cnn(CCF)c1. The van der Waals surface area contributed by atoms with Gasteiger partial charge in [-0.25, -0.2) is 23.7 Å². The summed E-state index contributed by atoms with van der Waals surface area (Å²) in [6, 6.07) is 1.66. The van der Waals surface area contributed by atoms with Gasteiger partial charge in [0.15, 0.2) is 5.82 Å². The van der Waals surface area contributed by atoms with Gasteiger partial charge in [-0.1, -0.05) is 5.16 Å². The van der Waals surface area contributed by atoms with Crippen LogP contribution >= 0.6 is 0 Å². The first kappa shape index (κ1) is 13.2. The molecule has 0 spiro atoms. The molecule has 0 atom stereocenters. The molecule has 0 aromatic carbocycles. The fourth-order valence-electron chi connectivity index (χ4n) is 1.86. The lowest BCUT2D eigenvalue weighted by Gasteiger charge is -2.01. The van der Waals surface area contributed by atoms with E-state index in [1.807, 2.05) is 0 Å². The largest absolute Gasteiger partial charge is 0.442 e. The summed E-state index contributed by atoms with van der Waals surface area (Å²) in [4.78, 5) is 19.8. The summed E-state index contributed by atoms with van der Waals surface area (Å²) in [5.74, 6) is -0.0889. The minimum Gasteiger partial charge on any atom is -0.295 e. The Morgan fingerprint density at radius 2 is 2.10 bits per heavy atom. The van der Waals surface area contributed by atoms with Crippen LogP contribution in [0.3, 0.4) is 0 Å². The molecule has 0 aliphatic heterocycles. The predicted octanol–water partition coefficient (Wildman–Crippen LogP) is 0.508. The molecule has 0 saturated carbocycles. The maximum absolute atomic E-state index is 12.3. The Balaban J connectivity index is 1.92. The molecule has 3 rings (SSSR count). The highest BCUT2D eigenvalue weighted by Gasteiger charge is 2.15. The Bertz CT molecular complexity index is 778. The maximum Gasteiger partial charge on any atom is 0.442 e. The molecular weight excluding hydrogens is 279 g/mol. The summed E-state index contributed by atoms with van der Waals surface area (Å²) >= 11 is 0. The summed E-state index contributed by atoms with van der Waals surface area (Å²) < 4.78 is 19.7. The molecule has 0 fully saturated rings. The number of hydrogen-bond acceptors (Lipinski definition) is 6. The van der Waals surface area contributed by atoms with E-state index in [0.717, 1.165) is 5.56 Å². The van der Waals surface area contributed by atoms with E-state index in [-0.39, 0.29) is 18.9 Å². The zero-order chi connectivity index (χ0) is 14.7. The van der Waals surface area contributed by atoms with Crippen molar-refractivity contribution in [3.63, 3.8) is 0 Å². The van der Waals surface area contributed by atoms with Crippen LogP contribution in [0.5, 0.6) is 0 Å². The van der Waals surface area contributed by atoms with Crippen molar-refractivity contribution in [2.45, 2.75) is 13.1 Å². The van der Waals surface area contributed by atoms with E-state index in [9.17, 15) is 9.18 Å². The Morgan fingerprint density at radius 1 is 1.29 bits per heavy atom. The van der Waals surface area contributed by atoms with Gasteiger partial charge in [-0.15, -0.1) is 0 Å². The molecule has 0 radical (unpaired) electrons. The number of rotatable bonds is 5. The van der Waals surface area contributed by atoms with Gasteiger partial charge in [-0.2, -0.15) is 5.10 Å². The lowest BCUT2D eigenvalue weighted by Crippen LogP contribution is -2.16. The molecule has 3 heterocycles. The van der Waals surface area contributed by atoms with Crippen LogP contribution in [0.15, 0.2) is 40.2 Å². The van der Waals surface area contributed by atoms with Crippen LogP contribution in [-0.2, 0) is 13.1 Å². The highest BCUT2D eigenvalue weighted by atomic mass is 19.1. The van der Waals surface area contributed by atoms with Crippen molar-refractivity contribution in [1.29, 1.82) is 0 Å². The van der Waals surface area contributed by atoms with Gasteiger partial charge >= 0.3 is 5.76 Å². The topological polar surface area (TPSA) is 91.6 Å². The normalized spacial score (nSPS) is 10.9. The second-order valence-corrected chi connectivity index (χ2v) is 4.23. The van der Waals surface area contributed by atoms with Gasteiger partial charge in [0.1, 0.15) is 6.67 Å². The Morgan fingerprint density at radius 3 is 2.86 bits per heavy atom. The highest BCUT2D eigenvalue weighted by Crippen LogP contribution is 2.11. The number of hydrogen-bond donors (Lipinski definition) is 0. The molecule has 0 unspecified atom stereocenters. The molecule has 0 amide bonds. The van der Waals surface area contributed by atoms with E-state index in [0.29, 0.717) is 5.82 Å². The van der Waals surface area contributed by atoms with Crippen molar-refractivity contribution in [3.05, 3.63) is 47.0 Å². The first-order valence-corrected chi connectivity index (χ1v) is 6.19. The molecule has 9 heteroatoms. The first-order valence-electron chi connectivity index (χ1n) is 6.19. The lowest BCUT2D eigenvalue weighted by molar-refractivity contribution is 0.378. The molecular formula is C12H11FN6O2. The minimum atomic E-state index is -0.615. The van der Waals surface area contributed by atoms with E-state index < -0.39 is 12.4 Å². The van der Waals surface area contributed by atoms with E-state index in [1.54, 1.807) is 30.9 Å². The predicted molar refractivity (Wildman–Crippen MR) is 69.1 cm³/mol. The number of halogens is 1. The van der Waals surface area contributed by atoms with Crippen molar-refractivity contribution in [2.75, 3.05) is 6.67 Å². The molecule has 3 aromatic rings. The zero-order valence-electron chi connectivity index (χ0n) is 10.9. The third-order valence-corrected chi connectivity index (χ3v) is 2.79. The lowest BCUT2D eigenvalue weighted by atomic mass is 10.3. The molecule has 0 aliphatic carbocycles. The quantitative estimate of drug-likeness (QED) is 0.679. The van der Waals surface area contributed by atoms with E-state index in [1.165, 1.54) is 9.25 Å². The van der Waals surface area contributed by atoms with Crippen LogP contribution in [0.1, 0.15) is 5.56 Å². The molecule has 21 heavy (non-hydrogen) atoms. The fourth-order valence-corrected chi connectivity index (χ4v) is 1.86. The molecule has 0 N–H and O–H groups in total. The second-order valence-electron chi connectivity index (χ2n) is 4.23. The van der Waals surface area contributed by atoms with Gasteiger partial charge in [0, 0.05) is 24.2 Å². The first-order chi connectivity index (χ1) is 10.3. The highest BCUT2D eigenvalue weighted by molar-refractivity contribution is 5.41. The zero-order valence-corrected chi connectivity index (χ0v) is 10.9. The molecule has 8 nitrogen and oxygen atoms in total. The number of aryl methyl sites for hydroxylation is 1. The van der Waals surface area contributed by atoms with Gasteiger partial charge in [-0.05, 0) is 6.07 Å². The smallest absolute Gasteiger partial charge is 0.295 e. The average molecular weight is 290 g/mol. The third-order valence-electron chi connectivity index (χ3n) is 2.79. The summed E-state index contributed by atoms with van der Waals surface area (Å²) in [5.41, 5.74) is 0.728. The van der Waals surface area contributed by atoms with Gasteiger partial charge in [0.2, 0.25) is 5.82 Å². The summed E-state index contributed by atoms with van der Waals surface area (Å²) in [6.45, 7) is -0.132. The summed E-state index contributed by atoms with van der Waals surface area (Å²) in [5, 5.41) is 7.69. The standard InChI is InChI=1S/C12H11FN6O2/c13-2-5-18-7-9(6-16-18)8-19-11(17-21-12(19)20)10-14-3-1-4-15-10/h1,3-4,6-7H,2,5,8H2. The average Bonchev–Trinajstić information content (AvgIpc) is 3.09. The number of alkyl halides is 1. The molecule has 0 saturated heterocycles. The van der Waals surface area contributed by atoms with Gasteiger partial charge in [-0.3, -0.25) is 9.20 Å². The number of aromatic nitrogens is 6. The van der Waals surface area contributed by atoms with Crippen LogP contribution < -0.4 is 5.76 Å². The maximum atomic E-state index is 12.3. The van der Waals surface area contributed by atoms with E-state index in [4.69, 9.17) is 0 Å². The van der Waals surface area contributed by atoms with Crippen LogP contribution in [0.4, 0.5) is 4.39 Å². The Labute approximate surface area is 117 Å². The van der Waals surface area contributed by atoms with E-state index in [2.05, 4.69) is 24.7 Å². The van der Waals surface area contributed by atoms with Crippen LogP contribution in [-0.4, -0.2) is 36.1 Å². The van der Waals surface area contributed by atoms with Crippen molar-refractivity contribution < 1.29 is 8.91 Å². The molecule has 3 aromatic heterocycles. The third kappa shape index (κ3) is 2.71. The van der Waals surface area contributed by atoms with E-state index >= 15 is 0 Å². The van der Waals surface area contributed by atoms with Gasteiger partial charge in [0.25, 0.3) is 0 Å². The van der Waals surface area contributed by atoms with Crippen LogP contribution in [0, 0.1) is 0 Å². The van der Waals surface area contributed by atoms with Crippen molar-refractivity contribution in [1.82, 2.24) is 29.5 Å². The van der Waals surface area contributed by atoms with Crippen LogP contribution in [0.25, 0.3) is 11.6 Å².